The van der Waals surface area contributed by atoms with Crippen molar-refractivity contribution < 1.29 is 14.6 Å². The Kier molecular flexibility index (Phi) is 4.22. The van der Waals surface area contributed by atoms with Gasteiger partial charge in [0.25, 0.3) is 0 Å². The molecule has 1 saturated heterocycles. The second-order valence-electron chi connectivity index (χ2n) is 5.51. The van der Waals surface area contributed by atoms with Crippen LogP contribution in [-0.4, -0.2) is 45.6 Å². The zero-order valence-corrected chi connectivity index (χ0v) is 12.5. The highest BCUT2D eigenvalue weighted by Gasteiger charge is 2.25. The summed E-state index contributed by atoms with van der Waals surface area (Å²) >= 11 is 0. The summed E-state index contributed by atoms with van der Waals surface area (Å²) in [5.74, 6) is -0.0595. The Morgan fingerprint density at radius 3 is 3.05 bits per heavy atom. The van der Waals surface area contributed by atoms with Crippen molar-refractivity contribution in [2.24, 2.45) is 0 Å². The third-order valence-electron chi connectivity index (χ3n) is 3.82. The van der Waals surface area contributed by atoms with Gasteiger partial charge in [0.15, 0.2) is 0 Å². The largest absolute Gasteiger partial charge is 0.478 e. The van der Waals surface area contributed by atoms with Crippen molar-refractivity contribution in [3.8, 4) is 0 Å². The SMILES string of the molecule is Cc1cnc(C2CN(Cc3ccccc3C(=O)O)CCO2)[nH]1. The van der Waals surface area contributed by atoms with Crippen LogP contribution in [0.25, 0.3) is 0 Å². The fraction of sp³-hybridized carbons (Fsp3) is 0.375. The molecule has 2 N–H and O–H groups in total. The number of aromatic carboxylic acids is 1. The molecule has 0 aliphatic carbocycles. The van der Waals surface area contributed by atoms with Gasteiger partial charge in [-0.2, -0.15) is 0 Å². The Balaban J connectivity index is 1.72. The minimum atomic E-state index is -0.887. The fourth-order valence-electron chi connectivity index (χ4n) is 2.72. The number of ether oxygens (including phenoxy) is 1. The second kappa shape index (κ2) is 6.29. The lowest BCUT2D eigenvalue weighted by molar-refractivity contribution is -0.0369. The molecule has 0 spiro atoms. The van der Waals surface area contributed by atoms with Crippen LogP contribution in [0.1, 0.15) is 33.5 Å². The molecule has 1 atom stereocenters. The van der Waals surface area contributed by atoms with Crippen molar-refractivity contribution in [1.82, 2.24) is 14.9 Å². The highest BCUT2D eigenvalue weighted by molar-refractivity contribution is 5.89. The molecule has 6 nitrogen and oxygen atoms in total. The topological polar surface area (TPSA) is 78.5 Å². The second-order valence-corrected chi connectivity index (χ2v) is 5.51. The van der Waals surface area contributed by atoms with E-state index in [1.165, 1.54) is 0 Å². The van der Waals surface area contributed by atoms with Crippen molar-refractivity contribution >= 4 is 5.97 Å². The standard InChI is InChI=1S/C16H19N3O3/c1-11-8-17-15(18-11)14-10-19(6-7-22-14)9-12-4-2-3-5-13(12)16(20)21/h2-5,8,14H,6-7,9-10H2,1H3,(H,17,18)(H,20,21). The Morgan fingerprint density at radius 1 is 1.50 bits per heavy atom. The maximum absolute atomic E-state index is 11.3. The summed E-state index contributed by atoms with van der Waals surface area (Å²) < 4.78 is 5.77. The number of aryl methyl sites for hydroxylation is 1. The molecular weight excluding hydrogens is 282 g/mol. The predicted octanol–water partition coefficient (Wildman–Crippen LogP) is 1.99. The number of hydrogen-bond donors (Lipinski definition) is 2. The molecule has 116 valence electrons. The number of carboxylic acids is 1. The molecular formula is C16H19N3O3. The number of benzene rings is 1. The smallest absolute Gasteiger partial charge is 0.336 e. The lowest BCUT2D eigenvalue weighted by Gasteiger charge is -2.32. The van der Waals surface area contributed by atoms with Crippen LogP contribution >= 0.6 is 0 Å². The average Bonchev–Trinajstić information content (AvgIpc) is 2.94. The van der Waals surface area contributed by atoms with Gasteiger partial charge in [0.2, 0.25) is 0 Å². The van der Waals surface area contributed by atoms with Gasteiger partial charge in [0, 0.05) is 31.5 Å². The first-order valence-corrected chi connectivity index (χ1v) is 7.30. The number of rotatable bonds is 4. The molecule has 0 radical (unpaired) electrons. The van der Waals surface area contributed by atoms with Crippen LogP contribution in [0.5, 0.6) is 0 Å². The third-order valence-corrected chi connectivity index (χ3v) is 3.82. The van der Waals surface area contributed by atoms with Gasteiger partial charge in [-0.3, -0.25) is 4.90 Å². The molecule has 6 heteroatoms. The zero-order valence-electron chi connectivity index (χ0n) is 12.5. The number of carbonyl (C=O) groups is 1. The molecule has 1 aliphatic heterocycles. The van der Waals surface area contributed by atoms with Gasteiger partial charge in [-0.15, -0.1) is 0 Å². The van der Waals surface area contributed by atoms with Crippen LogP contribution in [0, 0.1) is 6.92 Å². The van der Waals surface area contributed by atoms with E-state index in [4.69, 9.17) is 4.74 Å². The Morgan fingerprint density at radius 2 is 2.32 bits per heavy atom. The van der Waals surface area contributed by atoms with E-state index < -0.39 is 5.97 Å². The minimum absolute atomic E-state index is 0.0977. The van der Waals surface area contributed by atoms with E-state index in [1.54, 1.807) is 18.3 Å². The first-order valence-electron chi connectivity index (χ1n) is 7.30. The Bertz CT molecular complexity index is 668. The average molecular weight is 301 g/mol. The molecule has 1 aromatic carbocycles. The van der Waals surface area contributed by atoms with E-state index >= 15 is 0 Å². The molecule has 1 aromatic heterocycles. The number of nitrogens with zero attached hydrogens (tertiary/aromatic N) is 2. The Labute approximate surface area is 128 Å². The summed E-state index contributed by atoms with van der Waals surface area (Å²) in [5.41, 5.74) is 2.19. The van der Waals surface area contributed by atoms with Crippen LogP contribution in [0.3, 0.4) is 0 Å². The molecule has 1 fully saturated rings. The predicted molar refractivity (Wildman–Crippen MR) is 80.7 cm³/mol. The van der Waals surface area contributed by atoms with Gasteiger partial charge in [0.05, 0.1) is 12.2 Å². The van der Waals surface area contributed by atoms with Crippen LogP contribution in [0.4, 0.5) is 0 Å². The van der Waals surface area contributed by atoms with Gasteiger partial charge in [-0.1, -0.05) is 18.2 Å². The minimum Gasteiger partial charge on any atom is -0.478 e. The number of aromatic nitrogens is 2. The van der Waals surface area contributed by atoms with Crippen molar-refractivity contribution in [2.45, 2.75) is 19.6 Å². The van der Waals surface area contributed by atoms with Gasteiger partial charge in [0.1, 0.15) is 11.9 Å². The van der Waals surface area contributed by atoms with Crippen LogP contribution in [0.2, 0.25) is 0 Å². The first-order chi connectivity index (χ1) is 10.6. The monoisotopic (exact) mass is 301 g/mol. The maximum Gasteiger partial charge on any atom is 0.336 e. The van der Waals surface area contributed by atoms with Crippen LogP contribution < -0.4 is 0 Å². The summed E-state index contributed by atoms with van der Waals surface area (Å²) in [6, 6.07) is 7.13. The van der Waals surface area contributed by atoms with Crippen molar-refractivity contribution in [2.75, 3.05) is 19.7 Å². The van der Waals surface area contributed by atoms with E-state index in [0.717, 1.165) is 23.6 Å². The zero-order chi connectivity index (χ0) is 15.5. The summed E-state index contributed by atoms with van der Waals surface area (Å²) in [4.78, 5) is 21.0. The fourth-order valence-corrected chi connectivity index (χ4v) is 2.72. The molecule has 0 bridgehead atoms. The number of imidazole rings is 1. The lowest BCUT2D eigenvalue weighted by atomic mass is 10.1. The van der Waals surface area contributed by atoms with E-state index in [9.17, 15) is 9.90 Å². The lowest BCUT2D eigenvalue weighted by Crippen LogP contribution is -2.38. The summed E-state index contributed by atoms with van der Waals surface area (Å²) in [7, 11) is 0. The number of nitrogens with one attached hydrogen (secondary N) is 1. The van der Waals surface area contributed by atoms with Crippen LogP contribution in [-0.2, 0) is 11.3 Å². The Hall–Kier alpha value is -2.18. The van der Waals surface area contributed by atoms with E-state index in [-0.39, 0.29) is 6.10 Å². The molecule has 3 rings (SSSR count). The molecule has 22 heavy (non-hydrogen) atoms. The molecule has 2 aromatic rings. The summed E-state index contributed by atoms with van der Waals surface area (Å²) in [6.45, 7) is 4.65. The quantitative estimate of drug-likeness (QED) is 0.903. The molecule has 2 heterocycles. The van der Waals surface area contributed by atoms with E-state index in [2.05, 4.69) is 14.9 Å². The van der Waals surface area contributed by atoms with Gasteiger partial charge < -0.3 is 14.8 Å². The highest BCUT2D eigenvalue weighted by Crippen LogP contribution is 2.22. The number of hydrogen-bond acceptors (Lipinski definition) is 4. The van der Waals surface area contributed by atoms with E-state index in [0.29, 0.717) is 25.3 Å². The highest BCUT2D eigenvalue weighted by atomic mass is 16.5. The number of H-pyrrole nitrogens is 1. The van der Waals surface area contributed by atoms with Crippen molar-refractivity contribution in [3.63, 3.8) is 0 Å². The van der Waals surface area contributed by atoms with Gasteiger partial charge in [-0.25, -0.2) is 9.78 Å². The number of aromatic amines is 1. The molecule has 0 saturated carbocycles. The number of carboxylic acid groups (broad SMARTS) is 1. The van der Waals surface area contributed by atoms with Gasteiger partial charge >= 0.3 is 5.97 Å². The van der Waals surface area contributed by atoms with E-state index in [1.807, 2.05) is 19.1 Å². The third kappa shape index (κ3) is 3.18. The van der Waals surface area contributed by atoms with Gasteiger partial charge in [-0.05, 0) is 18.6 Å². The van der Waals surface area contributed by atoms with Crippen molar-refractivity contribution in [1.29, 1.82) is 0 Å². The summed E-state index contributed by atoms with van der Waals surface area (Å²) in [6.07, 6.45) is 1.69. The van der Waals surface area contributed by atoms with Crippen molar-refractivity contribution in [3.05, 3.63) is 53.1 Å². The van der Waals surface area contributed by atoms with Crippen LogP contribution in [0.15, 0.2) is 30.5 Å². The first kappa shape index (κ1) is 14.7. The number of morpholine rings is 1. The maximum atomic E-state index is 11.3. The molecule has 0 amide bonds. The molecule has 1 aliphatic rings. The normalized spacial score (nSPS) is 19.2. The summed E-state index contributed by atoms with van der Waals surface area (Å²) in [5, 5.41) is 9.27. The molecule has 1 unspecified atom stereocenters.